The van der Waals surface area contributed by atoms with Gasteiger partial charge in [0.1, 0.15) is 0 Å². The Morgan fingerprint density at radius 2 is 1.82 bits per heavy atom. The van der Waals surface area contributed by atoms with Gasteiger partial charge in [-0.2, -0.15) is 0 Å². The quantitative estimate of drug-likeness (QED) is 0.776. The van der Waals surface area contributed by atoms with Crippen LogP contribution < -0.4 is 11.1 Å². The van der Waals surface area contributed by atoms with Crippen molar-refractivity contribution in [3.63, 3.8) is 0 Å². The summed E-state index contributed by atoms with van der Waals surface area (Å²) in [5.74, 6) is 0. The molecule has 2 aromatic rings. The largest absolute Gasteiger partial charge is 0.397 e. The summed E-state index contributed by atoms with van der Waals surface area (Å²) in [6, 6.07) is 11.8. The highest BCUT2D eigenvalue weighted by Crippen LogP contribution is 2.27. The zero-order valence-corrected chi connectivity index (χ0v) is 10.7. The van der Waals surface area contributed by atoms with Crippen molar-refractivity contribution in [3.05, 3.63) is 52.5 Å². The van der Waals surface area contributed by atoms with E-state index in [2.05, 4.69) is 5.32 Å². The maximum atomic E-state index is 6.08. The van der Waals surface area contributed by atoms with Gasteiger partial charge in [-0.1, -0.05) is 23.7 Å². The van der Waals surface area contributed by atoms with Crippen LogP contribution in [0.15, 0.2) is 36.4 Å². The van der Waals surface area contributed by atoms with Crippen molar-refractivity contribution in [1.82, 2.24) is 0 Å². The van der Waals surface area contributed by atoms with Crippen LogP contribution in [0.1, 0.15) is 11.1 Å². The number of halogens is 1. The van der Waals surface area contributed by atoms with E-state index in [0.717, 1.165) is 27.6 Å². The molecule has 0 aliphatic heterocycles. The highest BCUT2D eigenvalue weighted by atomic mass is 35.5. The second-order valence-electron chi connectivity index (χ2n) is 4.18. The van der Waals surface area contributed by atoms with Gasteiger partial charge in [-0.3, -0.25) is 0 Å². The molecule has 17 heavy (non-hydrogen) atoms. The fraction of sp³-hybridized carbons (Fsp3) is 0.143. The third-order valence-electron chi connectivity index (χ3n) is 2.66. The van der Waals surface area contributed by atoms with Gasteiger partial charge in [0.15, 0.2) is 0 Å². The number of hydrogen-bond donors (Lipinski definition) is 2. The lowest BCUT2D eigenvalue weighted by Gasteiger charge is -2.11. The lowest BCUT2D eigenvalue weighted by molar-refractivity contribution is 1.43. The molecule has 0 amide bonds. The van der Waals surface area contributed by atoms with E-state index >= 15 is 0 Å². The zero-order valence-electron chi connectivity index (χ0n) is 9.92. The third-order valence-corrected chi connectivity index (χ3v) is 3.07. The van der Waals surface area contributed by atoms with Crippen LogP contribution in [-0.2, 0) is 0 Å². The summed E-state index contributed by atoms with van der Waals surface area (Å²) in [5.41, 5.74) is 10.7. The molecule has 3 N–H and O–H groups in total. The van der Waals surface area contributed by atoms with E-state index in [-0.39, 0.29) is 0 Å². The van der Waals surface area contributed by atoms with Crippen molar-refractivity contribution in [2.75, 3.05) is 11.1 Å². The molecule has 2 nitrogen and oxygen atoms in total. The molecule has 0 saturated heterocycles. The first-order chi connectivity index (χ1) is 8.06. The first kappa shape index (κ1) is 11.8. The summed E-state index contributed by atoms with van der Waals surface area (Å²) in [6.45, 7) is 4.01. The van der Waals surface area contributed by atoms with E-state index in [1.807, 2.05) is 50.2 Å². The van der Waals surface area contributed by atoms with Gasteiger partial charge in [0.05, 0.1) is 11.4 Å². The lowest BCUT2D eigenvalue weighted by atomic mass is 10.1. The molecule has 0 aliphatic rings. The van der Waals surface area contributed by atoms with Gasteiger partial charge in [0.2, 0.25) is 0 Å². The highest BCUT2D eigenvalue weighted by Gasteiger charge is 2.02. The number of nitrogen functional groups attached to an aromatic ring is 1. The van der Waals surface area contributed by atoms with E-state index in [1.165, 1.54) is 5.56 Å². The van der Waals surface area contributed by atoms with Crippen molar-refractivity contribution >= 4 is 28.7 Å². The third kappa shape index (κ3) is 2.71. The monoisotopic (exact) mass is 246 g/mol. The van der Waals surface area contributed by atoms with Crippen LogP contribution in [0.3, 0.4) is 0 Å². The summed E-state index contributed by atoms with van der Waals surface area (Å²) in [6.07, 6.45) is 0. The minimum absolute atomic E-state index is 0.729. The van der Waals surface area contributed by atoms with Crippen molar-refractivity contribution in [2.24, 2.45) is 0 Å². The summed E-state index contributed by atoms with van der Waals surface area (Å²) in [4.78, 5) is 0. The van der Waals surface area contributed by atoms with Crippen LogP contribution in [0.2, 0.25) is 5.02 Å². The van der Waals surface area contributed by atoms with Crippen molar-refractivity contribution in [3.8, 4) is 0 Å². The highest BCUT2D eigenvalue weighted by molar-refractivity contribution is 6.31. The second kappa shape index (κ2) is 4.68. The number of anilines is 3. The molecular weight excluding hydrogens is 232 g/mol. The minimum Gasteiger partial charge on any atom is -0.397 e. The van der Waals surface area contributed by atoms with E-state index in [4.69, 9.17) is 17.3 Å². The zero-order chi connectivity index (χ0) is 12.4. The van der Waals surface area contributed by atoms with Gasteiger partial charge in [0.25, 0.3) is 0 Å². The first-order valence-electron chi connectivity index (χ1n) is 5.45. The standard InChI is InChI=1S/C14H15ClN2/c1-9-3-6-13(16)14(7-9)17-11-5-4-10(2)12(15)8-11/h3-8,17H,16H2,1-2H3. The van der Waals surface area contributed by atoms with Crippen LogP contribution in [-0.4, -0.2) is 0 Å². The molecule has 0 bridgehead atoms. The number of benzene rings is 2. The molecule has 0 radical (unpaired) electrons. The summed E-state index contributed by atoms with van der Waals surface area (Å²) in [5, 5.41) is 4.02. The van der Waals surface area contributed by atoms with E-state index in [0.29, 0.717) is 0 Å². The Bertz CT molecular complexity index is 550. The Kier molecular flexibility index (Phi) is 3.25. The predicted octanol–water partition coefficient (Wildman–Crippen LogP) is 4.28. The number of hydrogen-bond acceptors (Lipinski definition) is 2. The summed E-state index contributed by atoms with van der Waals surface area (Å²) < 4.78 is 0. The van der Waals surface area contributed by atoms with Gasteiger partial charge in [0, 0.05) is 10.7 Å². The summed E-state index contributed by atoms with van der Waals surface area (Å²) >= 11 is 6.08. The average Bonchev–Trinajstić information content (AvgIpc) is 2.29. The molecular formula is C14H15ClN2. The Morgan fingerprint density at radius 3 is 2.53 bits per heavy atom. The van der Waals surface area contributed by atoms with Crippen molar-refractivity contribution < 1.29 is 0 Å². The molecule has 0 atom stereocenters. The predicted molar refractivity (Wildman–Crippen MR) is 75.1 cm³/mol. The maximum absolute atomic E-state index is 6.08. The molecule has 2 aromatic carbocycles. The Balaban J connectivity index is 2.31. The maximum Gasteiger partial charge on any atom is 0.0620 e. The number of aryl methyl sites for hydroxylation is 2. The van der Waals surface area contributed by atoms with Crippen molar-refractivity contribution in [2.45, 2.75) is 13.8 Å². The molecule has 2 rings (SSSR count). The van der Waals surface area contributed by atoms with E-state index in [9.17, 15) is 0 Å². The number of nitrogens with one attached hydrogen (secondary N) is 1. The summed E-state index contributed by atoms with van der Waals surface area (Å²) in [7, 11) is 0. The SMILES string of the molecule is Cc1ccc(N)c(Nc2ccc(C)c(Cl)c2)c1. The molecule has 0 saturated carbocycles. The number of rotatable bonds is 2. The molecule has 0 aliphatic carbocycles. The molecule has 0 unspecified atom stereocenters. The lowest BCUT2D eigenvalue weighted by Crippen LogP contribution is -1.96. The smallest absolute Gasteiger partial charge is 0.0620 e. The topological polar surface area (TPSA) is 38.0 Å². The Labute approximate surface area is 106 Å². The number of nitrogens with two attached hydrogens (primary N) is 1. The van der Waals surface area contributed by atoms with Gasteiger partial charge in [-0.25, -0.2) is 0 Å². The minimum atomic E-state index is 0.729. The van der Waals surface area contributed by atoms with Gasteiger partial charge < -0.3 is 11.1 Å². The molecule has 3 heteroatoms. The second-order valence-corrected chi connectivity index (χ2v) is 4.59. The fourth-order valence-electron chi connectivity index (χ4n) is 1.60. The normalized spacial score (nSPS) is 10.3. The van der Waals surface area contributed by atoms with E-state index in [1.54, 1.807) is 0 Å². The molecule has 0 fully saturated rings. The first-order valence-corrected chi connectivity index (χ1v) is 5.83. The van der Waals surface area contributed by atoms with Crippen LogP contribution >= 0.6 is 11.6 Å². The van der Waals surface area contributed by atoms with Crippen LogP contribution in [0.4, 0.5) is 17.1 Å². The van der Waals surface area contributed by atoms with Crippen LogP contribution in [0, 0.1) is 13.8 Å². The van der Waals surface area contributed by atoms with Gasteiger partial charge in [-0.15, -0.1) is 0 Å². The fourth-order valence-corrected chi connectivity index (χ4v) is 1.79. The molecule has 88 valence electrons. The van der Waals surface area contributed by atoms with Crippen LogP contribution in [0.5, 0.6) is 0 Å². The van der Waals surface area contributed by atoms with Crippen molar-refractivity contribution in [1.29, 1.82) is 0 Å². The molecule has 0 heterocycles. The Hall–Kier alpha value is -1.67. The molecule has 0 spiro atoms. The Morgan fingerprint density at radius 1 is 1.06 bits per heavy atom. The van der Waals surface area contributed by atoms with Crippen LogP contribution in [0.25, 0.3) is 0 Å². The van der Waals surface area contributed by atoms with Gasteiger partial charge in [-0.05, 0) is 49.2 Å². The van der Waals surface area contributed by atoms with E-state index < -0.39 is 0 Å². The van der Waals surface area contributed by atoms with Gasteiger partial charge >= 0.3 is 0 Å². The average molecular weight is 247 g/mol. The molecule has 0 aromatic heterocycles.